The van der Waals surface area contributed by atoms with Crippen molar-refractivity contribution in [3.63, 3.8) is 0 Å². The first-order valence-corrected chi connectivity index (χ1v) is 12.0. The number of nitrogens with zero attached hydrogens (tertiary/aromatic N) is 2. The normalized spacial score (nSPS) is 16.9. The maximum absolute atomic E-state index is 13.9. The summed E-state index contributed by atoms with van der Waals surface area (Å²) in [4.78, 5) is 14.0. The molecule has 1 saturated heterocycles. The molecule has 2 heterocycles. The zero-order chi connectivity index (χ0) is 22.0. The van der Waals surface area contributed by atoms with Gasteiger partial charge in [0.2, 0.25) is 15.9 Å². The number of sulfonamides is 1. The maximum atomic E-state index is 13.9. The molecule has 2 aromatic carbocycles. The van der Waals surface area contributed by atoms with Crippen LogP contribution >= 0.6 is 11.8 Å². The number of piperazine rings is 1. The van der Waals surface area contributed by atoms with Crippen molar-refractivity contribution in [2.45, 2.75) is 9.79 Å². The molecule has 2 aliphatic rings. The first-order valence-electron chi connectivity index (χ1n) is 9.60. The molecule has 0 radical (unpaired) electrons. The number of carbonyl (C=O) groups is 1. The first kappa shape index (κ1) is 21.8. The van der Waals surface area contributed by atoms with Crippen molar-refractivity contribution in [1.29, 1.82) is 0 Å². The molecule has 0 spiro atoms. The highest BCUT2D eigenvalue weighted by Gasteiger charge is 2.34. The van der Waals surface area contributed by atoms with Gasteiger partial charge in [-0.25, -0.2) is 17.2 Å². The van der Waals surface area contributed by atoms with Gasteiger partial charge >= 0.3 is 0 Å². The maximum Gasteiger partial charge on any atom is 0.249 e. The van der Waals surface area contributed by atoms with Crippen LogP contribution in [0.3, 0.4) is 0 Å². The standard InChI is InChI=1S/C20H20F2N2O5S2/c21-15-2-1-3-16(22)20(15)31(26,27)24-8-6-23(7-9-24)19(25)13-30-14-4-5-17-18(12-14)29-11-10-28-17/h1-5,12H,6-11,13H2. The number of ether oxygens (including phenoxy) is 2. The number of thioether (sulfide) groups is 1. The fourth-order valence-electron chi connectivity index (χ4n) is 3.39. The summed E-state index contributed by atoms with van der Waals surface area (Å²) < 4.78 is 65.2. The van der Waals surface area contributed by atoms with Crippen LogP contribution in [0.5, 0.6) is 11.5 Å². The lowest BCUT2D eigenvalue weighted by Crippen LogP contribution is -2.51. The summed E-state index contributed by atoms with van der Waals surface area (Å²) in [5.74, 6) is -0.917. The quantitative estimate of drug-likeness (QED) is 0.625. The molecular weight excluding hydrogens is 450 g/mol. The fraction of sp³-hybridized carbons (Fsp3) is 0.350. The molecular formula is C20H20F2N2O5S2. The Morgan fingerprint density at radius 2 is 1.61 bits per heavy atom. The molecule has 0 bridgehead atoms. The summed E-state index contributed by atoms with van der Waals surface area (Å²) in [7, 11) is -4.32. The van der Waals surface area contributed by atoms with Crippen LogP contribution in [0.15, 0.2) is 46.2 Å². The molecule has 7 nitrogen and oxygen atoms in total. The van der Waals surface area contributed by atoms with E-state index in [4.69, 9.17) is 9.47 Å². The summed E-state index contributed by atoms with van der Waals surface area (Å²) in [5.41, 5.74) is 0. The Kier molecular flexibility index (Phi) is 6.35. The lowest BCUT2D eigenvalue weighted by molar-refractivity contribution is -0.129. The van der Waals surface area contributed by atoms with Crippen LogP contribution in [0.25, 0.3) is 0 Å². The molecule has 2 aromatic rings. The highest BCUT2D eigenvalue weighted by Crippen LogP contribution is 2.34. The predicted octanol–water partition coefficient (Wildman–Crippen LogP) is 2.36. The van der Waals surface area contributed by atoms with Crippen LogP contribution in [-0.2, 0) is 14.8 Å². The van der Waals surface area contributed by atoms with Gasteiger partial charge in [-0.1, -0.05) is 6.07 Å². The van der Waals surface area contributed by atoms with E-state index >= 15 is 0 Å². The van der Waals surface area contributed by atoms with Crippen LogP contribution in [0.1, 0.15) is 0 Å². The van der Waals surface area contributed by atoms with Gasteiger partial charge in [0.1, 0.15) is 24.8 Å². The van der Waals surface area contributed by atoms with Crippen LogP contribution in [0, 0.1) is 11.6 Å². The number of hydrogen-bond donors (Lipinski definition) is 0. The zero-order valence-electron chi connectivity index (χ0n) is 16.4. The predicted molar refractivity (Wildman–Crippen MR) is 110 cm³/mol. The van der Waals surface area contributed by atoms with Gasteiger partial charge in [-0.2, -0.15) is 4.31 Å². The Hall–Kier alpha value is -2.37. The average Bonchev–Trinajstić information content (AvgIpc) is 2.77. The number of halogens is 2. The SMILES string of the molecule is O=C(CSc1ccc2c(c1)OCCO2)N1CCN(S(=O)(=O)c2c(F)cccc2F)CC1. The second-order valence-electron chi connectivity index (χ2n) is 6.93. The Labute approximate surface area is 183 Å². The second kappa shape index (κ2) is 9.01. The van der Waals surface area contributed by atoms with Crippen LogP contribution in [0.4, 0.5) is 8.78 Å². The topological polar surface area (TPSA) is 76.2 Å². The van der Waals surface area contributed by atoms with Crippen LogP contribution in [0.2, 0.25) is 0 Å². The number of carbonyl (C=O) groups excluding carboxylic acids is 1. The third kappa shape index (κ3) is 4.63. The van der Waals surface area contributed by atoms with E-state index in [1.807, 2.05) is 12.1 Å². The largest absolute Gasteiger partial charge is 0.486 e. The van der Waals surface area contributed by atoms with E-state index < -0.39 is 26.6 Å². The van der Waals surface area contributed by atoms with Crippen molar-refractivity contribution in [3.05, 3.63) is 48.0 Å². The molecule has 0 saturated carbocycles. The summed E-state index contributed by atoms with van der Waals surface area (Å²) in [5, 5.41) is 0. The second-order valence-corrected chi connectivity index (χ2v) is 9.85. The van der Waals surface area contributed by atoms with E-state index in [1.165, 1.54) is 11.8 Å². The van der Waals surface area contributed by atoms with E-state index in [0.717, 1.165) is 27.4 Å². The van der Waals surface area contributed by atoms with E-state index in [2.05, 4.69) is 0 Å². The fourth-order valence-corrected chi connectivity index (χ4v) is 5.74. The van der Waals surface area contributed by atoms with Crippen molar-refractivity contribution in [2.24, 2.45) is 0 Å². The smallest absolute Gasteiger partial charge is 0.249 e. The van der Waals surface area contributed by atoms with E-state index in [1.54, 1.807) is 11.0 Å². The molecule has 31 heavy (non-hydrogen) atoms. The first-order chi connectivity index (χ1) is 14.9. The van der Waals surface area contributed by atoms with Crippen LogP contribution < -0.4 is 9.47 Å². The third-order valence-electron chi connectivity index (χ3n) is 4.98. The molecule has 2 aliphatic heterocycles. The highest BCUT2D eigenvalue weighted by molar-refractivity contribution is 8.00. The summed E-state index contributed by atoms with van der Waals surface area (Å²) in [6.07, 6.45) is 0. The lowest BCUT2D eigenvalue weighted by atomic mass is 10.3. The molecule has 0 aromatic heterocycles. The molecule has 0 atom stereocenters. The van der Waals surface area contributed by atoms with Crippen LogP contribution in [-0.4, -0.2) is 68.7 Å². The summed E-state index contributed by atoms with van der Waals surface area (Å²) in [6, 6.07) is 8.39. The molecule has 0 N–H and O–H groups in total. The Morgan fingerprint density at radius 1 is 0.968 bits per heavy atom. The van der Waals surface area contributed by atoms with Gasteiger partial charge in [0.25, 0.3) is 0 Å². The molecule has 4 rings (SSSR count). The van der Waals surface area contributed by atoms with Crippen molar-refractivity contribution >= 4 is 27.7 Å². The molecule has 11 heteroatoms. The van der Waals surface area contributed by atoms with Gasteiger partial charge in [0.15, 0.2) is 16.4 Å². The monoisotopic (exact) mass is 470 g/mol. The number of benzene rings is 2. The van der Waals surface area contributed by atoms with E-state index in [-0.39, 0.29) is 37.8 Å². The van der Waals surface area contributed by atoms with Crippen molar-refractivity contribution in [1.82, 2.24) is 9.21 Å². The van der Waals surface area contributed by atoms with Crippen molar-refractivity contribution < 1.29 is 31.5 Å². The zero-order valence-corrected chi connectivity index (χ0v) is 18.1. The van der Waals surface area contributed by atoms with Gasteiger partial charge < -0.3 is 14.4 Å². The van der Waals surface area contributed by atoms with Crippen molar-refractivity contribution in [2.75, 3.05) is 45.1 Å². The molecule has 0 unspecified atom stereocenters. The van der Waals surface area contributed by atoms with Gasteiger partial charge in [0.05, 0.1) is 5.75 Å². The number of hydrogen-bond acceptors (Lipinski definition) is 6. The molecule has 1 fully saturated rings. The molecule has 0 aliphatic carbocycles. The van der Waals surface area contributed by atoms with E-state index in [9.17, 15) is 22.0 Å². The average molecular weight is 471 g/mol. The Morgan fingerprint density at radius 3 is 2.29 bits per heavy atom. The third-order valence-corrected chi connectivity index (χ3v) is 7.91. The van der Waals surface area contributed by atoms with E-state index in [0.29, 0.717) is 24.7 Å². The molecule has 166 valence electrons. The Balaban J connectivity index is 1.34. The van der Waals surface area contributed by atoms with Gasteiger partial charge in [-0.15, -0.1) is 11.8 Å². The minimum atomic E-state index is -4.32. The minimum absolute atomic E-state index is 0.0312. The lowest BCUT2D eigenvalue weighted by Gasteiger charge is -2.34. The summed E-state index contributed by atoms with van der Waals surface area (Å²) >= 11 is 1.34. The van der Waals surface area contributed by atoms with Gasteiger partial charge in [-0.05, 0) is 30.3 Å². The molecule has 1 amide bonds. The minimum Gasteiger partial charge on any atom is -0.486 e. The Bertz CT molecular complexity index is 1070. The van der Waals surface area contributed by atoms with Crippen molar-refractivity contribution in [3.8, 4) is 11.5 Å². The summed E-state index contributed by atoms with van der Waals surface area (Å²) in [6.45, 7) is 1.21. The van der Waals surface area contributed by atoms with Gasteiger partial charge in [-0.3, -0.25) is 4.79 Å². The number of amides is 1. The number of fused-ring (bicyclic) bond motifs is 1. The number of rotatable bonds is 5. The highest BCUT2D eigenvalue weighted by atomic mass is 32.2. The van der Waals surface area contributed by atoms with Gasteiger partial charge in [0, 0.05) is 31.1 Å².